The van der Waals surface area contributed by atoms with Crippen LogP contribution in [-0.2, 0) is 6.54 Å². The Morgan fingerprint density at radius 2 is 1.73 bits per heavy atom. The quantitative estimate of drug-likeness (QED) is 0.854. The van der Waals surface area contributed by atoms with E-state index in [9.17, 15) is 4.79 Å². The molecule has 0 atom stereocenters. The average Bonchev–Trinajstić information content (AvgIpc) is 2.60. The summed E-state index contributed by atoms with van der Waals surface area (Å²) in [6.07, 6.45) is 0. The van der Waals surface area contributed by atoms with Gasteiger partial charge in [-0.25, -0.2) is 4.79 Å². The van der Waals surface area contributed by atoms with Gasteiger partial charge < -0.3 is 10.2 Å². The number of rotatable bonds is 3. The maximum Gasteiger partial charge on any atom is 0.321 e. The number of hydrogen-bond donors (Lipinski definition) is 1. The molecule has 1 saturated heterocycles. The first-order valence-corrected chi connectivity index (χ1v) is 9.41. The monoisotopic (exact) mass is 371 g/mol. The van der Waals surface area contributed by atoms with Gasteiger partial charge in [0.05, 0.1) is 10.7 Å². The molecular weight excluding hydrogens is 346 g/mol. The van der Waals surface area contributed by atoms with Crippen LogP contribution in [-0.4, -0.2) is 42.0 Å². The third-order valence-corrected chi connectivity index (χ3v) is 5.28. The molecule has 0 unspecified atom stereocenters. The van der Waals surface area contributed by atoms with Crippen molar-refractivity contribution in [3.05, 3.63) is 63.7 Å². The number of amides is 2. The highest BCUT2D eigenvalue weighted by molar-refractivity contribution is 6.34. The fraction of sp³-hybridized carbons (Fsp3) is 0.381. The molecule has 0 aliphatic carbocycles. The molecule has 1 fully saturated rings. The molecular formula is C21H26ClN3O. The number of carbonyl (C=O) groups excluding carboxylic acids is 1. The smallest absolute Gasteiger partial charge is 0.321 e. The van der Waals surface area contributed by atoms with Gasteiger partial charge >= 0.3 is 6.03 Å². The van der Waals surface area contributed by atoms with Gasteiger partial charge in [0.2, 0.25) is 0 Å². The number of piperazine rings is 1. The fourth-order valence-electron chi connectivity index (χ4n) is 3.40. The number of halogens is 1. The predicted octanol–water partition coefficient (Wildman–Crippen LogP) is 4.61. The fourth-order valence-corrected chi connectivity index (χ4v) is 3.77. The molecule has 1 N–H and O–H groups in total. The zero-order valence-electron chi connectivity index (χ0n) is 15.7. The van der Waals surface area contributed by atoms with Crippen molar-refractivity contribution in [2.75, 3.05) is 31.5 Å². The first-order chi connectivity index (χ1) is 12.4. The minimum atomic E-state index is -0.0746. The Morgan fingerprint density at radius 3 is 2.38 bits per heavy atom. The lowest BCUT2D eigenvalue weighted by molar-refractivity contribution is 0.143. The van der Waals surface area contributed by atoms with E-state index in [1.807, 2.05) is 30.9 Å². The number of hydrogen-bond acceptors (Lipinski definition) is 2. The van der Waals surface area contributed by atoms with Crippen LogP contribution in [0.3, 0.4) is 0 Å². The van der Waals surface area contributed by atoms with Crippen molar-refractivity contribution in [3.8, 4) is 0 Å². The number of carbonyl (C=O) groups is 1. The number of urea groups is 1. The summed E-state index contributed by atoms with van der Waals surface area (Å²) in [5, 5.41) is 3.58. The van der Waals surface area contributed by atoms with Crippen molar-refractivity contribution in [2.24, 2.45) is 0 Å². The second-order valence-corrected chi connectivity index (χ2v) is 7.47. The van der Waals surface area contributed by atoms with E-state index in [1.165, 1.54) is 11.1 Å². The molecule has 0 saturated carbocycles. The number of benzene rings is 2. The minimum Gasteiger partial charge on any atom is -0.322 e. The Hall–Kier alpha value is -2.04. The maximum absolute atomic E-state index is 12.6. The molecule has 1 aliphatic rings. The van der Waals surface area contributed by atoms with Gasteiger partial charge in [0, 0.05) is 32.7 Å². The van der Waals surface area contributed by atoms with Crippen molar-refractivity contribution < 1.29 is 4.79 Å². The van der Waals surface area contributed by atoms with Gasteiger partial charge in [0.15, 0.2) is 0 Å². The van der Waals surface area contributed by atoms with Gasteiger partial charge in [-0.05, 0) is 49.1 Å². The second kappa shape index (κ2) is 8.11. The van der Waals surface area contributed by atoms with E-state index in [-0.39, 0.29) is 6.03 Å². The zero-order valence-corrected chi connectivity index (χ0v) is 16.4. The standard InChI is InChI=1S/C21H26ClN3O/c1-15-12-17(3)20(19(22)13-15)23-21(26)25-10-8-24(9-11-25)14-18-7-5-4-6-16(18)2/h4-7,12-13H,8-11,14H2,1-3H3,(H,23,26). The van der Waals surface area contributed by atoms with E-state index in [4.69, 9.17) is 11.6 Å². The van der Waals surface area contributed by atoms with Gasteiger partial charge in [-0.1, -0.05) is 41.9 Å². The van der Waals surface area contributed by atoms with E-state index >= 15 is 0 Å². The van der Waals surface area contributed by atoms with Crippen LogP contribution in [0.15, 0.2) is 36.4 Å². The molecule has 5 heteroatoms. The van der Waals surface area contributed by atoms with Crippen molar-refractivity contribution >= 4 is 23.3 Å². The highest BCUT2D eigenvalue weighted by atomic mass is 35.5. The molecule has 2 aromatic rings. The molecule has 2 amide bonds. The van der Waals surface area contributed by atoms with Crippen LogP contribution in [0.5, 0.6) is 0 Å². The van der Waals surface area contributed by atoms with Crippen LogP contribution in [0, 0.1) is 20.8 Å². The van der Waals surface area contributed by atoms with Crippen LogP contribution in [0.25, 0.3) is 0 Å². The molecule has 1 heterocycles. The van der Waals surface area contributed by atoms with Crippen molar-refractivity contribution in [1.29, 1.82) is 0 Å². The summed E-state index contributed by atoms with van der Waals surface area (Å²) in [5.74, 6) is 0. The molecule has 3 rings (SSSR count). The Morgan fingerprint density at radius 1 is 1.04 bits per heavy atom. The third-order valence-electron chi connectivity index (χ3n) is 4.98. The summed E-state index contributed by atoms with van der Waals surface area (Å²) in [5.41, 5.74) is 5.46. The van der Waals surface area contributed by atoms with E-state index in [0.29, 0.717) is 10.7 Å². The summed E-state index contributed by atoms with van der Waals surface area (Å²) in [4.78, 5) is 16.9. The van der Waals surface area contributed by atoms with Gasteiger partial charge in [0.1, 0.15) is 0 Å². The minimum absolute atomic E-state index is 0.0746. The lowest BCUT2D eigenvalue weighted by Crippen LogP contribution is -2.49. The SMILES string of the molecule is Cc1cc(C)c(NC(=O)N2CCN(Cc3ccccc3C)CC2)c(Cl)c1. The summed E-state index contributed by atoms with van der Waals surface area (Å²) in [6.45, 7) is 10.2. The summed E-state index contributed by atoms with van der Waals surface area (Å²) >= 11 is 6.30. The normalized spacial score (nSPS) is 15.2. The lowest BCUT2D eigenvalue weighted by Gasteiger charge is -2.35. The Labute approximate surface area is 160 Å². The van der Waals surface area contributed by atoms with E-state index in [2.05, 4.69) is 41.4 Å². The average molecular weight is 372 g/mol. The van der Waals surface area contributed by atoms with E-state index < -0.39 is 0 Å². The highest BCUT2D eigenvalue weighted by Crippen LogP contribution is 2.27. The Balaban J connectivity index is 1.56. The number of aryl methyl sites for hydroxylation is 3. The molecule has 0 aromatic heterocycles. The first kappa shape index (κ1) is 18.7. The van der Waals surface area contributed by atoms with Gasteiger partial charge in [-0.2, -0.15) is 0 Å². The van der Waals surface area contributed by atoms with Crippen LogP contribution in [0.2, 0.25) is 5.02 Å². The lowest BCUT2D eigenvalue weighted by atomic mass is 10.1. The zero-order chi connectivity index (χ0) is 18.7. The number of anilines is 1. The number of nitrogens with zero attached hydrogens (tertiary/aromatic N) is 2. The Bertz CT molecular complexity index is 775. The molecule has 26 heavy (non-hydrogen) atoms. The second-order valence-electron chi connectivity index (χ2n) is 7.06. The first-order valence-electron chi connectivity index (χ1n) is 9.03. The van der Waals surface area contributed by atoms with Crippen molar-refractivity contribution in [3.63, 3.8) is 0 Å². The Kier molecular flexibility index (Phi) is 5.84. The van der Waals surface area contributed by atoms with Crippen LogP contribution in [0.1, 0.15) is 22.3 Å². The van der Waals surface area contributed by atoms with Crippen LogP contribution < -0.4 is 5.32 Å². The topological polar surface area (TPSA) is 35.6 Å². The largest absolute Gasteiger partial charge is 0.322 e. The van der Waals surface area contributed by atoms with Gasteiger partial charge in [-0.15, -0.1) is 0 Å². The van der Waals surface area contributed by atoms with E-state index in [0.717, 1.165) is 43.9 Å². The predicted molar refractivity (Wildman–Crippen MR) is 108 cm³/mol. The molecule has 4 nitrogen and oxygen atoms in total. The van der Waals surface area contributed by atoms with Crippen LogP contribution in [0.4, 0.5) is 10.5 Å². The maximum atomic E-state index is 12.6. The van der Waals surface area contributed by atoms with E-state index in [1.54, 1.807) is 0 Å². The summed E-state index contributed by atoms with van der Waals surface area (Å²) in [7, 11) is 0. The summed E-state index contributed by atoms with van der Waals surface area (Å²) in [6, 6.07) is 12.3. The third kappa shape index (κ3) is 4.37. The van der Waals surface area contributed by atoms with Crippen molar-refractivity contribution in [1.82, 2.24) is 9.80 Å². The molecule has 1 aliphatic heterocycles. The summed E-state index contributed by atoms with van der Waals surface area (Å²) < 4.78 is 0. The molecule has 0 spiro atoms. The van der Waals surface area contributed by atoms with Crippen LogP contribution >= 0.6 is 11.6 Å². The molecule has 0 bridgehead atoms. The molecule has 2 aromatic carbocycles. The van der Waals surface area contributed by atoms with Gasteiger partial charge in [0.25, 0.3) is 0 Å². The number of nitrogens with one attached hydrogen (secondary N) is 1. The molecule has 0 radical (unpaired) electrons. The van der Waals surface area contributed by atoms with Gasteiger partial charge in [-0.3, -0.25) is 4.90 Å². The molecule has 138 valence electrons. The van der Waals surface area contributed by atoms with Crippen molar-refractivity contribution in [2.45, 2.75) is 27.3 Å². The highest BCUT2D eigenvalue weighted by Gasteiger charge is 2.22.